The first-order valence-electron chi connectivity index (χ1n) is 2.69. The number of hydrogen-bond acceptors (Lipinski definition) is 3. The SMILES string of the molecule is C=CCN(N=O)C(=O)NC. The van der Waals surface area contributed by atoms with Gasteiger partial charge in [-0.2, -0.15) is 5.01 Å². The molecule has 5 heteroatoms. The van der Waals surface area contributed by atoms with E-state index >= 15 is 0 Å². The van der Waals surface area contributed by atoms with Gasteiger partial charge in [0.1, 0.15) is 0 Å². The van der Waals surface area contributed by atoms with Crippen molar-refractivity contribution in [2.75, 3.05) is 13.6 Å². The fraction of sp³-hybridized carbons (Fsp3) is 0.400. The number of urea groups is 1. The van der Waals surface area contributed by atoms with Crippen LogP contribution in [0, 0.1) is 4.91 Å². The second kappa shape index (κ2) is 4.49. The first-order valence-corrected chi connectivity index (χ1v) is 2.69. The van der Waals surface area contributed by atoms with Gasteiger partial charge in [0.2, 0.25) is 0 Å². The first-order chi connectivity index (χ1) is 4.76. The smallest absolute Gasteiger partial charge is 0.339 e. The average molecular weight is 143 g/mol. The zero-order chi connectivity index (χ0) is 7.98. The molecule has 0 aliphatic carbocycles. The van der Waals surface area contributed by atoms with Crippen molar-refractivity contribution in [1.82, 2.24) is 10.3 Å². The molecular weight excluding hydrogens is 134 g/mol. The Kier molecular flexibility index (Phi) is 3.86. The molecule has 0 radical (unpaired) electrons. The molecule has 1 N–H and O–H groups in total. The number of carbonyl (C=O) groups is 1. The summed E-state index contributed by atoms with van der Waals surface area (Å²) in [6.07, 6.45) is 1.41. The fourth-order valence-corrected chi connectivity index (χ4v) is 0.405. The zero-order valence-electron chi connectivity index (χ0n) is 5.70. The minimum Gasteiger partial charge on any atom is -0.339 e. The minimum absolute atomic E-state index is 0.128. The Hall–Kier alpha value is -1.39. The Balaban J connectivity index is 3.91. The van der Waals surface area contributed by atoms with E-state index in [-0.39, 0.29) is 6.54 Å². The second-order valence-electron chi connectivity index (χ2n) is 1.51. The summed E-state index contributed by atoms with van der Waals surface area (Å²) >= 11 is 0. The molecule has 0 atom stereocenters. The van der Waals surface area contributed by atoms with Crippen LogP contribution in [-0.2, 0) is 0 Å². The molecule has 0 aromatic rings. The molecule has 0 aromatic carbocycles. The molecule has 10 heavy (non-hydrogen) atoms. The highest BCUT2D eigenvalue weighted by Crippen LogP contribution is 1.88. The van der Waals surface area contributed by atoms with Gasteiger partial charge in [-0.3, -0.25) is 0 Å². The Labute approximate surface area is 58.6 Å². The van der Waals surface area contributed by atoms with Crippen molar-refractivity contribution in [2.24, 2.45) is 5.29 Å². The normalized spacial score (nSPS) is 8.10. The molecule has 0 heterocycles. The van der Waals surface area contributed by atoms with Crippen LogP contribution in [-0.4, -0.2) is 24.6 Å². The predicted octanol–water partition coefficient (Wildman–Crippen LogP) is 0.495. The van der Waals surface area contributed by atoms with Gasteiger partial charge in [0, 0.05) is 7.05 Å². The molecule has 0 spiro atoms. The second-order valence-corrected chi connectivity index (χ2v) is 1.51. The van der Waals surface area contributed by atoms with Crippen molar-refractivity contribution < 1.29 is 4.79 Å². The molecule has 5 nitrogen and oxygen atoms in total. The maximum Gasteiger partial charge on any atom is 0.340 e. The van der Waals surface area contributed by atoms with E-state index in [0.29, 0.717) is 0 Å². The van der Waals surface area contributed by atoms with Crippen LogP contribution in [0.4, 0.5) is 4.79 Å². The highest BCUT2D eigenvalue weighted by Gasteiger charge is 2.07. The summed E-state index contributed by atoms with van der Waals surface area (Å²) in [4.78, 5) is 20.5. The summed E-state index contributed by atoms with van der Waals surface area (Å²) in [5.74, 6) is 0. The van der Waals surface area contributed by atoms with Gasteiger partial charge in [-0.05, 0) is 0 Å². The van der Waals surface area contributed by atoms with Crippen molar-refractivity contribution in [2.45, 2.75) is 0 Å². The van der Waals surface area contributed by atoms with Crippen LogP contribution in [0.3, 0.4) is 0 Å². The maximum absolute atomic E-state index is 10.6. The van der Waals surface area contributed by atoms with Gasteiger partial charge >= 0.3 is 6.03 Å². The zero-order valence-corrected chi connectivity index (χ0v) is 5.70. The van der Waals surface area contributed by atoms with Crippen LogP contribution in [0.25, 0.3) is 0 Å². The summed E-state index contributed by atoms with van der Waals surface area (Å²) in [5.41, 5.74) is 0. The van der Waals surface area contributed by atoms with Crippen LogP contribution in [0.1, 0.15) is 0 Å². The average Bonchev–Trinajstić information content (AvgIpc) is 1.99. The molecule has 0 saturated carbocycles. The van der Waals surface area contributed by atoms with Crippen molar-refractivity contribution in [1.29, 1.82) is 0 Å². The van der Waals surface area contributed by atoms with E-state index in [1.54, 1.807) is 0 Å². The van der Waals surface area contributed by atoms with Crippen LogP contribution >= 0.6 is 0 Å². The third-order valence-corrected chi connectivity index (χ3v) is 0.849. The van der Waals surface area contributed by atoms with Crippen molar-refractivity contribution in [3.8, 4) is 0 Å². The predicted molar refractivity (Wildman–Crippen MR) is 37.2 cm³/mol. The van der Waals surface area contributed by atoms with Gasteiger partial charge in [0.05, 0.1) is 11.8 Å². The largest absolute Gasteiger partial charge is 0.340 e. The lowest BCUT2D eigenvalue weighted by Crippen LogP contribution is -2.33. The molecule has 0 bridgehead atoms. The topological polar surface area (TPSA) is 61.8 Å². The van der Waals surface area contributed by atoms with E-state index in [1.807, 2.05) is 0 Å². The van der Waals surface area contributed by atoms with Gasteiger partial charge in [-0.15, -0.1) is 11.5 Å². The molecule has 0 aliphatic rings. The molecule has 56 valence electrons. The molecular formula is C5H9N3O2. The van der Waals surface area contributed by atoms with Gasteiger partial charge in [0.25, 0.3) is 0 Å². The number of carbonyl (C=O) groups excluding carboxylic acids is 1. The highest BCUT2D eigenvalue weighted by atomic mass is 16.3. The number of rotatable bonds is 3. The van der Waals surface area contributed by atoms with Gasteiger partial charge in [-0.25, -0.2) is 4.79 Å². The molecule has 2 amide bonds. The molecule has 0 aromatic heterocycles. The lowest BCUT2D eigenvalue weighted by atomic mass is 10.6. The molecule has 0 unspecified atom stereocenters. The maximum atomic E-state index is 10.6. The van der Waals surface area contributed by atoms with Gasteiger partial charge in [-0.1, -0.05) is 6.08 Å². The van der Waals surface area contributed by atoms with Crippen molar-refractivity contribution in [3.63, 3.8) is 0 Å². The molecule has 0 saturated heterocycles. The van der Waals surface area contributed by atoms with E-state index in [4.69, 9.17) is 0 Å². The van der Waals surface area contributed by atoms with E-state index in [0.717, 1.165) is 5.01 Å². The lowest BCUT2D eigenvalue weighted by Gasteiger charge is -2.08. The fourth-order valence-electron chi connectivity index (χ4n) is 0.405. The van der Waals surface area contributed by atoms with Crippen molar-refractivity contribution >= 4 is 6.03 Å². The number of nitrogens with one attached hydrogen (secondary N) is 1. The molecule has 0 aliphatic heterocycles. The van der Waals surface area contributed by atoms with Gasteiger partial charge in [0.15, 0.2) is 0 Å². The summed E-state index contributed by atoms with van der Waals surface area (Å²) in [6.45, 7) is 3.47. The summed E-state index contributed by atoms with van der Waals surface area (Å²) in [7, 11) is 1.42. The number of amides is 2. The summed E-state index contributed by atoms with van der Waals surface area (Å²) in [6, 6.07) is -0.532. The van der Waals surface area contributed by atoms with Crippen LogP contribution in [0.15, 0.2) is 17.9 Å². The Morgan fingerprint density at radius 3 is 2.80 bits per heavy atom. The van der Waals surface area contributed by atoms with E-state index in [2.05, 4.69) is 17.2 Å². The van der Waals surface area contributed by atoms with Crippen LogP contribution in [0.2, 0.25) is 0 Å². The molecule has 0 rings (SSSR count). The first kappa shape index (κ1) is 8.61. The third-order valence-electron chi connectivity index (χ3n) is 0.849. The van der Waals surface area contributed by atoms with E-state index < -0.39 is 6.03 Å². The lowest BCUT2D eigenvalue weighted by molar-refractivity contribution is 0.207. The molecule has 0 fully saturated rings. The number of nitrogens with zero attached hydrogens (tertiary/aromatic N) is 2. The number of nitroso groups, excluding NO2 is 1. The van der Waals surface area contributed by atoms with E-state index in [9.17, 15) is 9.70 Å². The summed E-state index contributed by atoms with van der Waals surface area (Å²) < 4.78 is 0. The Morgan fingerprint density at radius 1 is 1.90 bits per heavy atom. The highest BCUT2D eigenvalue weighted by molar-refractivity contribution is 5.73. The van der Waals surface area contributed by atoms with Crippen LogP contribution in [0.5, 0.6) is 0 Å². The minimum atomic E-state index is -0.532. The number of hydrogen-bond donors (Lipinski definition) is 1. The van der Waals surface area contributed by atoms with E-state index in [1.165, 1.54) is 13.1 Å². The van der Waals surface area contributed by atoms with Crippen molar-refractivity contribution in [3.05, 3.63) is 17.6 Å². The standard InChI is InChI=1S/C5H9N3O2/c1-3-4-8(7-10)5(9)6-2/h3H,1,4H2,2H3,(H,6,9). The van der Waals surface area contributed by atoms with Gasteiger partial charge < -0.3 is 5.32 Å². The summed E-state index contributed by atoms with van der Waals surface area (Å²) in [5, 5.41) is 5.42. The third kappa shape index (κ3) is 2.25. The monoisotopic (exact) mass is 143 g/mol. The Morgan fingerprint density at radius 2 is 2.50 bits per heavy atom. The van der Waals surface area contributed by atoms with Crippen LogP contribution < -0.4 is 5.32 Å². The Bertz CT molecular complexity index is 146. The quantitative estimate of drug-likeness (QED) is 0.355.